The lowest BCUT2D eigenvalue weighted by molar-refractivity contribution is 0.0509. The van der Waals surface area contributed by atoms with E-state index in [1.807, 2.05) is 0 Å². The summed E-state index contributed by atoms with van der Waals surface area (Å²) in [6.45, 7) is 6.50. The highest BCUT2D eigenvalue weighted by Gasteiger charge is 2.32. The highest BCUT2D eigenvalue weighted by Crippen LogP contribution is 2.31. The topological polar surface area (TPSA) is 38.5 Å². The summed E-state index contributed by atoms with van der Waals surface area (Å²) in [6, 6.07) is 0. The molecule has 3 nitrogen and oxygen atoms in total. The van der Waals surface area contributed by atoms with Crippen LogP contribution in [0, 0.1) is 11.8 Å². The van der Waals surface area contributed by atoms with Gasteiger partial charge in [-0.2, -0.15) is 0 Å². The fraction of sp³-hybridized carbons (Fsp3) is 1.00. The van der Waals surface area contributed by atoms with Gasteiger partial charge >= 0.3 is 0 Å². The first-order valence-electron chi connectivity index (χ1n) is 7.62. The van der Waals surface area contributed by atoms with E-state index in [-0.39, 0.29) is 5.54 Å². The van der Waals surface area contributed by atoms with Crippen molar-refractivity contribution in [2.45, 2.75) is 51.0 Å². The summed E-state index contributed by atoms with van der Waals surface area (Å²) < 4.78 is 5.42. The lowest BCUT2D eigenvalue weighted by Crippen LogP contribution is -2.52. The summed E-state index contributed by atoms with van der Waals surface area (Å²) in [4.78, 5) is 2.47. The van der Waals surface area contributed by atoms with Gasteiger partial charge in [0.05, 0.1) is 0 Å². The van der Waals surface area contributed by atoms with Gasteiger partial charge in [0.1, 0.15) is 0 Å². The van der Waals surface area contributed by atoms with Crippen LogP contribution in [0.5, 0.6) is 0 Å². The summed E-state index contributed by atoms with van der Waals surface area (Å²) in [6.07, 6.45) is 7.52. The SMILES string of the molecule is CC1CCCC(N)(CN(C)CC2CCOCC2)C1. The van der Waals surface area contributed by atoms with Crippen LogP contribution in [0.2, 0.25) is 0 Å². The maximum atomic E-state index is 6.59. The fourth-order valence-electron chi connectivity index (χ4n) is 3.82. The van der Waals surface area contributed by atoms with Crippen molar-refractivity contribution in [3.05, 3.63) is 0 Å². The summed E-state index contributed by atoms with van der Waals surface area (Å²) in [7, 11) is 2.24. The molecule has 2 rings (SSSR count). The zero-order chi connectivity index (χ0) is 13.0. The quantitative estimate of drug-likeness (QED) is 0.836. The van der Waals surface area contributed by atoms with Crippen LogP contribution in [0.25, 0.3) is 0 Å². The Morgan fingerprint density at radius 3 is 2.67 bits per heavy atom. The third kappa shape index (κ3) is 4.22. The molecule has 0 bridgehead atoms. The summed E-state index contributed by atoms with van der Waals surface area (Å²) in [5, 5.41) is 0. The number of nitrogens with zero attached hydrogens (tertiary/aromatic N) is 1. The molecule has 2 atom stereocenters. The molecule has 0 amide bonds. The Balaban J connectivity index is 1.76. The molecule has 1 saturated carbocycles. The molecular weight excluding hydrogens is 224 g/mol. The predicted octanol–water partition coefficient (Wildman–Crippen LogP) is 2.25. The molecule has 1 heterocycles. The van der Waals surface area contributed by atoms with Gasteiger partial charge in [-0.1, -0.05) is 19.8 Å². The first-order chi connectivity index (χ1) is 8.57. The molecule has 3 heteroatoms. The zero-order valence-corrected chi connectivity index (χ0v) is 12.2. The smallest absolute Gasteiger partial charge is 0.0469 e. The van der Waals surface area contributed by atoms with Crippen molar-refractivity contribution < 1.29 is 4.74 Å². The predicted molar refractivity (Wildman–Crippen MR) is 75.6 cm³/mol. The van der Waals surface area contributed by atoms with Gasteiger partial charge in [-0.15, -0.1) is 0 Å². The van der Waals surface area contributed by atoms with Crippen LogP contribution in [0.15, 0.2) is 0 Å². The molecule has 2 unspecified atom stereocenters. The summed E-state index contributed by atoms with van der Waals surface area (Å²) in [5.41, 5.74) is 6.66. The van der Waals surface area contributed by atoms with Gasteiger partial charge in [-0.3, -0.25) is 0 Å². The molecule has 106 valence electrons. The summed E-state index contributed by atoms with van der Waals surface area (Å²) in [5.74, 6) is 1.62. The summed E-state index contributed by atoms with van der Waals surface area (Å²) >= 11 is 0. The Bertz CT molecular complexity index is 253. The number of hydrogen-bond acceptors (Lipinski definition) is 3. The number of hydrogen-bond donors (Lipinski definition) is 1. The van der Waals surface area contributed by atoms with Crippen molar-refractivity contribution >= 4 is 0 Å². The second-order valence-corrected chi connectivity index (χ2v) is 6.82. The zero-order valence-electron chi connectivity index (χ0n) is 12.2. The van der Waals surface area contributed by atoms with E-state index in [0.29, 0.717) is 0 Å². The van der Waals surface area contributed by atoms with Crippen LogP contribution in [-0.2, 0) is 4.74 Å². The number of nitrogens with two attached hydrogens (primary N) is 1. The van der Waals surface area contributed by atoms with E-state index in [2.05, 4.69) is 18.9 Å². The molecule has 0 aromatic rings. The van der Waals surface area contributed by atoms with Crippen molar-refractivity contribution in [1.82, 2.24) is 4.90 Å². The third-order valence-corrected chi connectivity index (χ3v) is 4.62. The lowest BCUT2D eigenvalue weighted by atomic mass is 9.76. The Morgan fingerprint density at radius 1 is 1.28 bits per heavy atom. The van der Waals surface area contributed by atoms with Crippen LogP contribution >= 0.6 is 0 Å². The van der Waals surface area contributed by atoms with E-state index < -0.39 is 0 Å². The second kappa shape index (κ2) is 6.36. The average Bonchev–Trinajstić information content (AvgIpc) is 2.28. The lowest BCUT2D eigenvalue weighted by Gasteiger charge is -2.40. The van der Waals surface area contributed by atoms with E-state index in [9.17, 15) is 0 Å². The Morgan fingerprint density at radius 2 is 2.00 bits per heavy atom. The molecule has 2 aliphatic rings. The van der Waals surface area contributed by atoms with Gasteiger partial charge in [0.25, 0.3) is 0 Å². The maximum Gasteiger partial charge on any atom is 0.0469 e. The molecule has 2 N–H and O–H groups in total. The first kappa shape index (κ1) is 14.3. The molecule has 0 radical (unpaired) electrons. The number of ether oxygens (including phenoxy) is 1. The van der Waals surface area contributed by atoms with Crippen molar-refractivity contribution in [1.29, 1.82) is 0 Å². The van der Waals surface area contributed by atoms with Crippen LogP contribution in [0.1, 0.15) is 45.4 Å². The van der Waals surface area contributed by atoms with E-state index in [4.69, 9.17) is 10.5 Å². The average molecular weight is 254 g/mol. The Kier molecular flexibility index (Phi) is 5.05. The van der Waals surface area contributed by atoms with E-state index >= 15 is 0 Å². The molecular formula is C15H30N2O. The molecule has 0 aromatic carbocycles. The first-order valence-corrected chi connectivity index (χ1v) is 7.62. The highest BCUT2D eigenvalue weighted by molar-refractivity contribution is 4.92. The van der Waals surface area contributed by atoms with E-state index in [1.54, 1.807) is 0 Å². The minimum Gasteiger partial charge on any atom is -0.381 e. The fourth-order valence-corrected chi connectivity index (χ4v) is 3.82. The standard InChI is InChI=1S/C15H30N2O/c1-13-4-3-7-15(16,10-13)12-17(2)11-14-5-8-18-9-6-14/h13-14H,3-12,16H2,1-2H3. The van der Waals surface area contributed by atoms with Crippen LogP contribution in [-0.4, -0.2) is 43.8 Å². The minimum absolute atomic E-state index is 0.0670. The van der Waals surface area contributed by atoms with Crippen molar-refractivity contribution in [2.75, 3.05) is 33.4 Å². The van der Waals surface area contributed by atoms with Gasteiger partial charge in [0, 0.05) is 31.8 Å². The van der Waals surface area contributed by atoms with Crippen molar-refractivity contribution in [2.24, 2.45) is 17.6 Å². The van der Waals surface area contributed by atoms with Gasteiger partial charge in [-0.25, -0.2) is 0 Å². The minimum atomic E-state index is 0.0670. The second-order valence-electron chi connectivity index (χ2n) is 6.82. The van der Waals surface area contributed by atoms with Gasteiger partial charge in [0.15, 0.2) is 0 Å². The van der Waals surface area contributed by atoms with Crippen molar-refractivity contribution in [3.8, 4) is 0 Å². The van der Waals surface area contributed by atoms with Crippen LogP contribution < -0.4 is 5.73 Å². The largest absolute Gasteiger partial charge is 0.381 e. The monoisotopic (exact) mass is 254 g/mol. The third-order valence-electron chi connectivity index (χ3n) is 4.62. The molecule has 1 aliphatic carbocycles. The molecule has 1 aliphatic heterocycles. The van der Waals surface area contributed by atoms with Gasteiger partial charge in [-0.05, 0) is 44.6 Å². The maximum absolute atomic E-state index is 6.59. The molecule has 2 fully saturated rings. The molecule has 0 aromatic heterocycles. The molecule has 18 heavy (non-hydrogen) atoms. The Labute approximate surface area is 112 Å². The Hall–Kier alpha value is -0.120. The molecule has 1 saturated heterocycles. The van der Waals surface area contributed by atoms with Gasteiger partial charge in [0.2, 0.25) is 0 Å². The van der Waals surface area contributed by atoms with Crippen LogP contribution in [0.4, 0.5) is 0 Å². The normalized spacial score (nSPS) is 35.0. The highest BCUT2D eigenvalue weighted by atomic mass is 16.5. The number of rotatable bonds is 4. The van der Waals surface area contributed by atoms with Crippen molar-refractivity contribution in [3.63, 3.8) is 0 Å². The van der Waals surface area contributed by atoms with Gasteiger partial charge < -0.3 is 15.4 Å². The molecule has 0 spiro atoms. The van der Waals surface area contributed by atoms with E-state index in [0.717, 1.165) is 31.6 Å². The van der Waals surface area contributed by atoms with Crippen LogP contribution in [0.3, 0.4) is 0 Å². The van der Waals surface area contributed by atoms with E-state index in [1.165, 1.54) is 45.1 Å². The number of likely N-dealkylation sites (N-methyl/N-ethyl adjacent to an activating group) is 1.